The van der Waals surface area contributed by atoms with E-state index in [1.807, 2.05) is 0 Å². The molecule has 0 saturated carbocycles. The molecule has 0 aliphatic carbocycles. The third-order valence-electron chi connectivity index (χ3n) is 1.84. The molecule has 0 spiro atoms. The van der Waals surface area contributed by atoms with E-state index in [4.69, 9.17) is 25.5 Å². The Balaban J connectivity index is 2.58. The molecule has 1 rings (SSSR count). The van der Waals surface area contributed by atoms with Crippen molar-refractivity contribution < 1.29 is 30.3 Å². The Morgan fingerprint density at radius 1 is 1.17 bits per heavy atom. The zero-order valence-electron chi connectivity index (χ0n) is 6.24. The Bertz CT molecular complexity index is 151. The van der Waals surface area contributed by atoms with E-state index in [0.717, 1.165) is 0 Å². The van der Waals surface area contributed by atoms with Gasteiger partial charge in [-0.05, 0) is 0 Å². The van der Waals surface area contributed by atoms with Crippen LogP contribution in [-0.2, 0) is 4.74 Å². The first-order valence-electron chi connectivity index (χ1n) is 3.56. The summed E-state index contributed by atoms with van der Waals surface area (Å²) >= 11 is 0. The zero-order chi connectivity index (χ0) is 9.30. The van der Waals surface area contributed by atoms with Crippen LogP contribution in [-0.4, -0.2) is 62.8 Å². The lowest BCUT2D eigenvalue weighted by Crippen LogP contribution is -2.40. The van der Waals surface area contributed by atoms with Gasteiger partial charge in [-0.15, -0.1) is 0 Å². The SMILES string of the molecule is OC[C@@H](O)[C@H]1O[C@H](O)C(O)C1O. The van der Waals surface area contributed by atoms with Crippen LogP contribution in [0.3, 0.4) is 0 Å². The summed E-state index contributed by atoms with van der Waals surface area (Å²) in [6.07, 6.45) is -6.75. The lowest BCUT2D eigenvalue weighted by Gasteiger charge is -2.18. The average Bonchev–Trinajstić information content (AvgIpc) is 2.32. The maximum Gasteiger partial charge on any atom is 0.184 e. The van der Waals surface area contributed by atoms with Crippen LogP contribution in [0.15, 0.2) is 0 Å². The number of aliphatic hydroxyl groups is 5. The summed E-state index contributed by atoms with van der Waals surface area (Å²) in [6, 6.07) is 0. The number of aliphatic hydroxyl groups excluding tert-OH is 5. The molecule has 72 valence electrons. The summed E-state index contributed by atoms with van der Waals surface area (Å²) in [5, 5.41) is 44.4. The number of rotatable bonds is 2. The number of ether oxygens (including phenoxy) is 1. The second kappa shape index (κ2) is 3.65. The summed E-state index contributed by atoms with van der Waals surface area (Å²) in [5.74, 6) is 0. The molecule has 0 aromatic heterocycles. The van der Waals surface area contributed by atoms with Crippen LogP contribution in [0.2, 0.25) is 0 Å². The van der Waals surface area contributed by atoms with Crippen molar-refractivity contribution in [2.24, 2.45) is 0 Å². The van der Waals surface area contributed by atoms with Crippen LogP contribution in [0.1, 0.15) is 0 Å². The van der Waals surface area contributed by atoms with Crippen molar-refractivity contribution in [1.29, 1.82) is 0 Å². The second-order valence-electron chi connectivity index (χ2n) is 2.72. The van der Waals surface area contributed by atoms with Gasteiger partial charge in [-0.1, -0.05) is 0 Å². The zero-order valence-corrected chi connectivity index (χ0v) is 6.24. The highest BCUT2D eigenvalue weighted by atomic mass is 16.6. The molecule has 0 bridgehead atoms. The van der Waals surface area contributed by atoms with E-state index in [-0.39, 0.29) is 0 Å². The molecule has 0 radical (unpaired) electrons. The molecular weight excluding hydrogens is 168 g/mol. The predicted molar refractivity (Wildman–Crippen MR) is 36.0 cm³/mol. The smallest absolute Gasteiger partial charge is 0.184 e. The fraction of sp³-hybridized carbons (Fsp3) is 1.00. The molecule has 1 aliphatic rings. The lowest BCUT2D eigenvalue weighted by molar-refractivity contribution is -0.150. The van der Waals surface area contributed by atoms with E-state index >= 15 is 0 Å². The molecule has 6 heteroatoms. The average molecular weight is 180 g/mol. The normalized spacial score (nSPS) is 44.8. The number of hydrogen-bond donors (Lipinski definition) is 5. The molecule has 1 heterocycles. The highest BCUT2D eigenvalue weighted by molar-refractivity contribution is 4.89. The van der Waals surface area contributed by atoms with Crippen LogP contribution >= 0.6 is 0 Å². The third-order valence-corrected chi connectivity index (χ3v) is 1.84. The van der Waals surface area contributed by atoms with Crippen LogP contribution in [0, 0.1) is 0 Å². The van der Waals surface area contributed by atoms with Gasteiger partial charge in [0.1, 0.15) is 24.4 Å². The quantitative estimate of drug-likeness (QED) is 0.306. The van der Waals surface area contributed by atoms with Gasteiger partial charge in [-0.3, -0.25) is 0 Å². The first-order chi connectivity index (χ1) is 5.57. The minimum atomic E-state index is -1.51. The van der Waals surface area contributed by atoms with Crippen molar-refractivity contribution in [3.8, 4) is 0 Å². The van der Waals surface area contributed by atoms with Crippen molar-refractivity contribution in [3.63, 3.8) is 0 Å². The first kappa shape index (κ1) is 9.85. The Hall–Kier alpha value is -0.240. The van der Waals surface area contributed by atoms with Gasteiger partial charge in [0, 0.05) is 0 Å². The van der Waals surface area contributed by atoms with Crippen molar-refractivity contribution in [2.75, 3.05) is 6.61 Å². The van der Waals surface area contributed by atoms with Gasteiger partial charge in [-0.25, -0.2) is 0 Å². The molecule has 5 atom stereocenters. The molecule has 6 nitrogen and oxygen atoms in total. The minimum Gasteiger partial charge on any atom is -0.394 e. The molecule has 12 heavy (non-hydrogen) atoms. The predicted octanol–water partition coefficient (Wildman–Crippen LogP) is -3.22. The highest BCUT2D eigenvalue weighted by Crippen LogP contribution is 2.21. The minimum absolute atomic E-state index is 0.596. The summed E-state index contributed by atoms with van der Waals surface area (Å²) in [5.41, 5.74) is 0. The van der Waals surface area contributed by atoms with Gasteiger partial charge in [0.2, 0.25) is 0 Å². The summed E-state index contributed by atoms with van der Waals surface area (Å²) < 4.78 is 4.58. The maximum absolute atomic E-state index is 9.12. The first-order valence-corrected chi connectivity index (χ1v) is 3.56. The third kappa shape index (κ3) is 1.58. The Kier molecular flexibility index (Phi) is 2.99. The molecule has 0 aromatic carbocycles. The van der Waals surface area contributed by atoms with Crippen LogP contribution in [0.5, 0.6) is 0 Å². The fourth-order valence-electron chi connectivity index (χ4n) is 1.11. The monoisotopic (exact) mass is 180 g/mol. The van der Waals surface area contributed by atoms with Crippen LogP contribution < -0.4 is 0 Å². The van der Waals surface area contributed by atoms with Gasteiger partial charge >= 0.3 is 0 Å². The molecule has 5 N–H and O–H groups in total. The summed E-state index contributed by atoms with van der Waals surface area (Å²) in [7, 11) is 0. The number of hydrogen-bond acceptors (Lipinski definition) is 6. The van der Waals surface area contributed by atoms with E-state index in [1.165, 1.54) is 0 Å². The standard InChI is InChI=1S/C6H12O6/c7-1-2(8)5-3(9)4(10)6(11)12-5/h2-11H,1H2/t2-,3?,4?,5-,6+/m1/s1. The van der Waals surface area contributed by atoms with E-state index in [0.29, 0.717) is 0 Å². The Morgan fingerprint density at radius 3 is 2.08 bits per heavy atom. The molecular formula is C6H12O6. The Labute approximate surface area is 68.6 Å². The summed E-state index contributed by atoms with van der Waals surface area (Å²) in [4.78, 5) is 0. The van der Waals surface area contributed by atoms with Crippen molar-refractivity contribution in [2.45, 2.75) is 30.7 Å². The van der Waals surface area contributed by atoms with Gasteiger partial charge in [0.15, 0.2) is 6.29 Å². The molecule has 1 aliphatic heterocycles. The van der Waals surface area contributed by atoms with Crippen molar-refractivity contribution in [1.82, 2.24) is 0 Å². The van der Waals surface area contributed by atoms with E-state index in [2.05, 4.69) is 4.74 Å². The highest BCUT2D eigenvalue weighted by Gasteiger charge is 2.44. The fourth-order valence-corrected chi connectivity index (χ4v) is 1.11. The Morgan fingerprint density at radius 2 is 1.75 bits per heavy atom. The lowest BCUT2D eigenvalue weighted by atomic mass is 10.1. The van der Waals surface area contributed by atoms with E-state index in [9.17, 15) is 0 Å². The van der Waals surface area contributed by atoms with Crippen LogP contribution in [0.4, 0.5) is 0 Å². The van der Waals surface area contributed by atoms with Gasteiger partial charge in [-0.2, -0.15) is 0 Å². The van der Waals surface area contributed by atoms with Gasteiger partial charge in [0.05, 0.1) is 6.61 Å². The molecule has 1 fully saturated rings. The second-order valence-corrected chi connectivity index (χ2v) is 2.72. The molecule has 1 saturated heterocycles. The molecule has 0 aromatic rings. The summed E-state index contributed by atoms with van der Waals surface area (Å²) in [6.45, 7) is -0.596. The van der Waals surface area contributed by atoms with Crippen molar-refractivity contribution >= 4 is 0 Å². The van der Waals surface area contributed by atoms with E-state index in [1.54, 1.807) is 0 Å². The van der Waals surface area contributed by atoms with Gasteiger partial charge in [0.25, 0.3) is 0 Å². The largest absolute Gasteiger partial charge is 0.394 e. The van der Waals surface area contributed by atoms with E-state index < -0.39 is 37.3 Å². The molecule has 2 unspecified atom stereocenters. The maximum atomic E-state index is 9.12. The van der Waals surface area contributed by atoms with Crippen LogP contribution in [0.25, 0.3) is 0 Å². The van der Waals surface area contributed by atoms with Gasteiger partial charge < -0.3 is 30.3 Å². The van der Waals surface area contributed by atoms with Crippen molar-refractivity contribution in [3.05, 3.63) is 0 Å². The molecule has 0 amide bonds. The topological polar surface area (TPSA) is 110 Å².